The number of aryl methyl sites for hydroxylation is 2. The Morgan fingerprint density at radius 3 is 2.54 bits per heavy atom. The average molecular weight is 497 g/mol. The second kappa shape index (κ2) is 10.3. The van der Waals surface area contributed by atoms with Gasteiger partial charge in [0.05, 0.1) is 30.8 Å². The summed E-state index contributed by atoms with van der Waals surface area (Å²) in [4.78, 5) is 13.0. The molecular formula is C26H28N2O6S. The summed E-state index contributed by atoms with van der Waals surface area (Å²) < 4.78 is 44.9. The van der Waals surface area contributed by atoms with Crippen LogP contribution >= 0.6 is 0 Å². The van der Waals surface area contributed by atoms with E-state index in [9.17, 15) is 13.2 Å². The molecule has 9 heteroatoms. The first-order chi connectivity index (χ1) is 16.8. The third-order valence-corrected chi connectivity index (χ3v) is 7.46. The summed E-state index contributed by atoms with van der Waals surface area (Å²) in [5.41, 5.74) is 2.54. The number of hydrogen-bond donors (Lipinski definition) is 1. The number of sulfonamides is 1. The van der Waals surface area contributed by atoms with Crippen molar-refractivity contribution in [3.63, 3.8) is 0 Å². The molecule has 184 valence electrons. The third-order valence-electron chi connectivity index (χ3n) is 5.66. The molecule has 0 spiro atoms. The Morgan fingerprint density at radius 1 is 1.09 bits per heavy atom. The maximum Gasteiger partial charge on any atom is 0.264 e. The maximum atomic E-state index is 13.5. The van der Waals surface area contributed by atoms with Crippen molar-refractivity contribution >= 4 is 21.6 Å². The number of para-hydroxylation sites is 2. The molecule has 1 amide bonds. The van der Waals surface area contributed by atoms with E-state index in [4.69, 9.17) is 14.2 Å². The molecule has 8 nitrogen and oxygen atoms in total. The highest BCUT2D eigenvalue weighted by molar-refractivity contribution is 7.92. The van der Waals surface area contributed by atoms with Crippen molar-refractivity contribution in [2.45, 2.75) is 24.8 Å². The van der Waals surface area contributed by atoms with Crippen LogP contribution in [0.2, 0.25) is 0 Å². The van der Waals surface area contributed by atoms with Crippen LogP contribution < -0.4 is 23.8 Å². The smallest absolute Gasteiger partial charge is 0.264 e. The summed E-state index contributed by atoms with van der Waals surface area (Å²) in [5, 5.41) is 2.78. The summed E-state index contributed by atoms with van der Waals surface area (Å²) in [7, 11) is -2.43. The standard InChI is InChI=1S/C26H28N2O6S/c1-18-8-13-23(19(2)16-18)33-15-14-27-26(29)25-17-28(22-6-4-5-7-24(22)34-25)35(30,31)21-11-9-20(32-3)10-12-21/h4-13,16,25H,14-15,17H2,1-3H3,(H,27,29). The molecule has 1 aliphatic heterocycles. The minimum Gasteiger partial charge on any atom is -0.497 e. The number of anilines is 1. The zero-order chi connectivity index (χ0) is 25.0. The fourth-order valence-electron chi connectivity index (χ4n) is 3.85. The van der Waals surface area contributed by atoms with Crippen molar-refractivity contribution < 1.29 is 27.4 Å². The molecule has 1 aliphatic rings. The lowest BCUT2D eigenvalue weighted by Crippen LogP contribution is -2.51. The highest BCUT2D eigenvalue weighted by Gasteiger charge is 2.37. The first kappa shape index (κ1) is 24.4. The van der Waals surface area contributed by atoms with E-state index in [2.05, 4.69) is 5.32 Å². The maximum absolute atomic E-state index is 13.5. The van der Waals surface area contributed by atoms with E-state index in [1.807, 2.05) is 32.0 Å². The lowest BCUT2D eigenvalue weighted by Gasteiger charge is -2.34. The fraction of sp³-hybridized carbons (Fsp3) is 0.269. The van der Waals surface area contributed by atoms with E-state index in [1.54, 1.807) is 36.4 Å². The van der Waals surface area contributed by atoms with Gasteiger partial charge in [0.1, 0.15) is 23.9 Å². The van der Waals surface area contributed by atoms with Gasteiger partial charge in [0.15, 0.2) is 6.10 Å². The van der Waals surface area contributed by atoms with Crippen LogP contribution in [0.4, 0.5) is 5.69 Å². The molecular weight excluding hydrogens is 468 g/mol. The second-order valence-electron chi connectivity index (χ2n) is 8.19. The van der Waals surface area contributed by atoms with Gasteiger partial charge in [-0.1, -0.05) is 29.8 Å². The fourth-order valence-corrected chi connectivity index (χ4v) is 5.33. The van der Waals surface area contributed by atoms with Gasteiger partial charge in [-0.15, -0.1) is 0 Å². The predicted octanol–water partition coefficient (Wildman–Crippen LogP) is 3.46. The minimum atomic E-state index is -3.94. The predicted molar refractivity (Wildman–Crippen MR) is 133 cm³/mol. The number of carbonyl (C=O) groups is 1. The number of benzene rings is 3. The van der Waals surface area contributed by atoms with Crippen LogP contribution in [0.5, 0.6) is 17.2 Å². The Hall–Kier alpha value is -3.72. The van der Waals surface area contributed by atoms with Gasteiger partial charge < -0.3 is 19.5 Å². The van der Waals surface area contributed by atoms with Crippen molar-refractivity contribution in [1.82, 2.24) is 5.32 Å². The molecule has 0 aromatic heterocycles. The van der Waals surface area contributed by atoms with Crippen LogP contribution in [-0.4, -0.2) is 47.2 Å². The quantitative estimate of drug-likeness (QED) is 0.480. The number of fused-ring (bicyclic) bond motifs is 1. The van der Waals surface area contributed by atoms with Gasteiger partial charge in [0, 0.05) is 0 Å². The summed E-state index contributed by atoms with van der Waals surface area (Å²) in [6.45, 7) is 4.34. The van der Waals surface area contributed by atoms with E-state index in [-0.39, 0.29) is 24.6 Å². The van der Waals surface area contributed by atoms with Crippen molar-refractivity contribution in [2.75, 3.05) is 31.1 Å². The summed E-state index contributed by atoms with van der Waals surface area (Å²) >= 11 is 0. The second-order valence-corrected chi connectivity index (χ2v) is 10.1. The van der Waals surface area contributed by atoms with Gasteiger partial charge in [-0.2, -0.15) is 0 Å². The molecule has 3 aromatic carbocycles. The van der Waals surface area contributed by atoms with Crippen molar-refractivity contribution in [3.8, 4) is 17.2 Å². The highest BCUT2D eigenvalue weighted by atomic mass is 32.2. The third kappa shape index (κ3) is 5.35. The number of methoxy groups -OCH3 is 1. The van der Waals surface area contributed by atoms with E-state index >= 15 is 0 Å². The Bertz CT molecular complexity index is 1310. The molecule has 3 aromatic rings. The summed E-state index contributed by atoms with van der Waals surface area (Å²) in [6, 6.07) is 18.8. The molecule has 0 aliphatic carbocycles. The van der Waals surface area contributed by atoms with Crippen LogP contribution in [0.25, 0.3) is 0 Å². The van der Waals surface area contributed by atoms with E-state index < -0.39 is 22.0 Å². The van der Waals surface area contributed by atoms with Gasteiger partial charge in [0.25, 0.3) is 15.9 Å². The van der Waals surface area contributed by atoms with Crippen LogP contribution in [0, 0.1) is 13.8 Å². The molecule has 0 saturated heterocycles. The molecule has 0 saturated carbocycles. The van der Waals surface area contributed by atoms with Crippen LogP contribution in [0.1, 0.15) is 11.1 Å². The molecule has 1 atom stereocenters. The SMILES string of the molecule is COc1ccc(S(=O)(=O)N2CC(C(=O)NCCOc3ccc(C)cc3C)Oc3ccccc32)cc1. The molecule has 0 fully saturated rings. The Kier molecular flexibility index (Phi) is 7.16. The summed E-state index contributed by atoms with van der Waals surface area (Å²) in [6.07, 6.45) is -1.01. The lowest BCUT2D eigenvalue weighted by molar-refractivity contribution is -0.127. The molecule has 35 heavy (non-hydrogen) atoms. The zero-order valence-corrected chi connectivity index (χ0v) is 20.7. The Labute approximate surface area is 205 Å². The first-order valence-corrected chi connectivity index (χ1v) is 12.6. The zero-order valence-electron chi connectivity index (χ0n) is 19.9. The average Bonchev–Trinajstić information content (AvgIpc) is 2.86. The number of ether oxygens (including phenoxy) is 3. The molecule has 1 N–H and O–H groups in total. The number of nitrogens with one attached hydrogen (secondary N) is 1. The molecule has 1 unspecified atom stereocenters. The topological polar surface area (TPSA) is 94.2 Å². The van der Waals surface area contributed by atoms with E-state index in [1.165, 1.54) is 23.5 Å². The van der Waals surface area contributed by atoms with Crippen molar-refractivity contribution in [2.24, 2.45) is 0 Å². The number of rotatable bonds is 8. The van der Waals surface area contributed by atoms with Gasteiger partial charge in [-0.3, -0.25) is 9.10 Å². The largest absolute Gasteiger partial charge is 0.497 e. The molecule has 4 rings (SSSR count). The monoisotopic (exact) mass is 496 g/mol. The van der Waals surface area contributed by atoms with E-state index in [0.717, 1.165) is 16.9 Å². The number of hydrogen-bond acceptors (Lipinski definition) is 6. The highest BCUT2D eigenvalue weighted by Crippen LogP contribution is 2.37. The minimum absolute atomic E-state index is 0.0935. The van der Waals surface area contributed by atoms with Gasteiger partial charge in [0.2, 0.25) is 0 Å². The van der Waals surface area contributed by atoms with Gasteiger partial charge in [-0.05, 0) is 61.9 Å². The van der Waals surface area contributed by atoms with Crippen molar-refractivity contribution in [3.05, 3.63) is 77.9 Å². The van der Waals surface area contributed by atoms with Gasteiger partial charge in [-0.25, -0.2) is 8.42 Å². The normalized spacial score (nSPS) is 15.1. The number of nitrogens with zero attached hydrogens (tertiary/aromatic N) is 1. The number of amides is 1. The molecule has 0 bridgehead atoms. The van der Waals surface area contributed by atoms with Crippen LogP contribution in [0.15, 0.2) is 71.6 Å². The Balaban J connectivity index is 1.46. The Morgan fingerprint density at radius 2 is 1.83 bits per heavy atom. The van der Waals surface area contributed by atoms with E-state index in [0.29, 0.717) is 17.2 Å². The van der Waals surface area contributed by atoms with Crippen LogP contribution in [-0.2, 0) is 14.8 Å². The summed E-state index contributed by atoms with van der Waals surface area (Å²) in [5.74, 6) is 1.21. The van der Waals surface area contributed by atoms with Crippen LogP contribution in [0.3, 0.4) is 0 Å². The number of carbonyl (C=O) groups excluding carboxylic acids is 1. The first-order valence-electron chi connectivity index (χ1n) is 11.2. The van der Waals surface area contributed by atoms with Crippen molar-refractivity contribution in [1.29, 1.82) is 0 Å². The van der Waals surface area contributed by atoms with Gasteiger partial charge >= 0.3 is 0 Å². The molecule has 0 radical (unpaired) electrons. The molecule has 1 heterocycles. The lowest BCUT2D eigenvalue weighted by atomic mass is 10.1.